The fraction of sp³-hybridized carbons (Fsp3) is 0.0385. The third-order valence-corrected chi connectivity index (χ3v) is 6.08. The Balaban J connectivity index is 1.56. The van der Waals surface area contributed by atoms with E-state index in [4.69, 9.17) is 23.2 Å². The summed E-state index contributed by atoms with van der Waals surface area (Å²) in [5.41, 5.74) is 2.86. The number of hydrogen-bond donors (Lipinski definition) is 1. The van der Waals surface area contributed by atoms with Crippen LogP contribution in [0, 0.1) is 0 Å². The fourth-order valence-electron chi connectivity index (χ4n) is 3.95. The third-order valence-electron chi connectivity index (χ3n) is 5.57. The number of halogens is 2. The molecule has 5 rings (SSSR count). The number of carbonyl (C=O) groups excluding carboxylic acids is 3. The number of carbonyl (C=O) groups is 3. The zero-order valence-electron chi connectivity index (χ0n) is 17.7. The van der Waals surface area contributed by atoms with Gasteiger partial charge in [0.05, 0.1) is 5.69 Å². The van der Waals surface area contributed by atoms with Crippen molar-refractivity contribution < 1.29 is 14.4 Å². The summed E-state index contributed by atoms with van der Waals surface area (Å²) >= 11 is 11.9. The molecule has 2 heterocycles. The maximum absolute atomic E-state index is 13.2. The second-order valence-electron chi connectivity index (χ2n) is 7.79. The van der Waals surface area contributed by atoms with Gasteiger partial charge in [-0.15, -0.1) is 0 Å². The molecule has 1 saturated heterocycles. The molecule has 3 aromatic carbocycles. The number of hydrogen-bond acceptors (Lipinski definition) is 3. The van der Waals surface area contributed by atoms with Crippen LogP contribution in [-0.4, -0.2) is 22.4 Å². The predicted octanol–water partition coefficient (Wildman–Crippen LogP) is 5.66. The van der Waals surface area contributed by atoms with Crippen molar-refractivity contribution in [2.24, 2.45) is 0 Å². The van der Waals surface area contributed by atoms with E-state index in [1.807, 2.05) is 59.3 Å². The van der Waals surface area contributed by atoms with Crippen molar-refractivity contribution in [1.82, 2.24) is 9.88 Å². The highest BCUT2D eigenvalue weighted by Gasteiger charge is 2.37. The molecule has 34 heavy (non-hydrogen) atoms. The summed E-state index contributed by atoms with van der Waals surface area (Å²) in [5.74, 6) is -1.44. The lowest BCUT2D eigenvalue weighted by molar-refractivity contribution is -0.122. The molecule has 1 aromatic heterocycles. The van der Waals surface area contributed by atoms with Crippen LogP contribution in [0.2, 0.25) is 10.0 Å². The molecule has 0 radical (unpaired) electrons. The van der Waals surface area contributed by atoms with Gasteiger partial charge in [0.2, 0.25) is 0 Å². The number of nitrogens with zero attached hydrogens (tertiary/aromatic N) is 2. The van der Waals surface area contributed by atoms with Crippen LogP contribution in [0.15, 0.2) is 84.6 Å². The van der Waals surface area contributed by atoms with Crippen molar-refractivity contribution in [1.29, 1.82) is 0 Å². The number of barbiturate groups is 1. The summed E-state index contributed by atoms with van der Waals surface area (Å²) in [6.07, 6.45) is 3.41. The van der Waals surface area contributed by atoms with Gasteiger partial charge in [-0.2, -0.15) is 0 Å². The molecular weight excluding hydrogens is 473 g/mol. The minimum absolute atomic E-state index is 0.135. The lowest BCUT2D eigenvalue weighted by atomic mass is 10.1. The lowest BCUT2D eigenvalue weighted by Crippen LogP contribution is -2.54. The van der Waals surface area contributed by atoms with Gasteiger partial charge in [0.1, 0.15) is 5.57 Å². The van der Waals surface area contributed by atoms with Crippen molar-refractivity contribution in [2.75, 3.05) is 4.90 Å². The molecule has 0 aliphatic carbocycles. The van der Waals surface area contributed by atoms with E-state index in [9.17, 15) is 14.4 Å². The van der Waals surface area contributed by atoms with Gasteiger partial charge < -0.3 is 4.57 Å². The number of imide groups is 2. The number of amides is 4. The first kappa shape index (κ1) is 21.9. The van der Waals surface area contributed by atoms with Gasteiger partial charge in [-0.25, -0.2) is 9.69 Å². The fourth-order valence-corrected chi connectivity index (χ4v) is 4.20. The highest BCUT2D eigenvalue weighted by Crippen LogP contribution is 2.28. The molecule has 1 fully saturated rings. The summed E-state index contributed by atoms with van der Waals surface area (Å²) in [4.78, 5) is 39.2. The average molecular weight is 490 g/mol. The molecule has 1 aliphatic heterocycles. The third kappa shape index (κ3) is 4.09. The Kier molecular flexibility index (Phi) is 5.69. The SMILES string of the molecule is O=C1NC(=O)N(c2ccc(Cl)cc2)C(=O)C1=Cc1cn(Cc2ccc(Cl)cc2)c2ccccc12. The monoisotopic (exact) mass is 489 g/mol. The maximum Gasteiger partial charge on any atom is 0.335 e. The van der Waals surface area contributed by atoms with E-state index in [0.29, 0.717) is 27.8 Å². The molecule has 0 atom stereocenters. The number of nitrogens with one attached hydrogen (secondary N) is 1. The van der Waals surface area contributed by atoms with E-state index in [0.717, 1.165) is 21.4 Å². The quantitative estimate of drug-likeness (QED) is 0.296. The molecule has 0 bridgehead atoms. The molecule has 6 nitrogen and oxygen atoms in total. The van der Waals surface area contributed by atoms with Crippen molar-refractivity contribution >= 4 is 63.7 Å². The van der Waals surface area contributed by atoms with Crippen LogP contribution in [0.5, 0.6) is 0 Å². The smallest absolute Gasteiger partial charge is 0.335 e. The second-order valence-corrected chi connectivity index (χ2v) is 8.66. The summed E-state index contributed by atoms with van der Waals surface area (Å²) in [5, 5.41) is 4.25. The lowest BCUT2D eigenvalue weighted by Gasteiger charge is -2.26. The minimum Gasteiger partial charge on any atom is -0.342 e. The molecular formula is C26H17Cl2N3O3. The first-order valence-electron chi connectivity index (χ1n) is 10.4. The van der Waals surface area contributed by atoms with Gasteiger partial charge in [-0.1, -0.05) is 53.5 Å². The van der Waals surface area contributed by atoms with Crippen molar-refractivity contribution in [3.8, 4) is 0 Å². The summed E-state index contributed by atoms with van der Waals surface area (Å²) < 4.78 is 2.04. The number of rotatable bonds is 4. The molecule has 0 spiro atoms. The number of urea groups is 1. The van der Waals surface area contributed by atoms with E-state index in [-0.39, 0.29) is 5.57 Å². The Morgan fingerprint density at radius 2 is 1.47 bits per heavy atom. The second kappa shape index (κ2) is 8.82. The van der Waals surface area contributed by atoms with Gasteiger partial charge >= 0.3 is 6.03 Å². The molecule has 4 amide bonds. The van der Waals surface area contributed by atoms with Gasteiger partial charge in [0.25, 0.3) is 11.8 Å². The van der Waals surface area contributed by atoms with Crippen molar-refractivity contribution in [3.05, 3.63) is 106 Å². The van der Waals surface area contributed by atoms with E-state index in [2.05, 4.69) is 5.32 Å². The zero-order chi connectivity index (χ0) is 23.8. The van der Waals surface area contributed by atoms with Crippen LogP contribution < -0.4 is 10.2 Å². The molecule has 168 valence electrons. The highest BCUT2D eigenvalue weighted by molar-refractivity contribution is 6.39. The van der Waals surface area contributed by atoms with Crippen molar-refractivity contribution in [3.63, 3.8) is 0 Å². The topological polar surface area (TPSA) is 71.4 Å². The first-order chi connectivity index (χ1) is 16.4. The molecule has 0 unspecified atom stereocenters. The zero-order valence-corrected chi connectivity index (χ0v) is 19.2. The molecule has 8 heteroatoms. The Morgan fingerprint density at radius 1 is 0.824 bits per heavy atom. The maximum atomic E-state index is 13.2. The van der Waals surface area contributed by atoms with Crippen LogP contribution in [0.25, 0.3) is 17.0 Å². The van der Waals surface area contributed by atoms with Crippen LogP contribution in [-0.2, 0) is 16.1 Å². The number of fused-ring (bicyclic) bond motifs is 1. The average Bonchev–Trinajstić information content (AvgIpc) is 3.16. The van der Waals surface area contributed by atoms with Crippen LogP contribution in [0.3, 0.4) is 0 Å². The minimum atomic E-state index is -0.806. The number of aromatic nitrogens is 1. The predicted molar refractivity (Wildman–Crippen MR) is 133 cm³/mol. The first-order valence-corrected chi connectivity index (χ1v) is 11.2. The van der Waals surface area contributed by atoms with Gasteiger partial charge in [-0.3, -0.25) is 14.9 Å². The summed E-state index contributed by atoms with van der Waals surface area (Å²) in [6, 6.07) is 20.7. The van der Waals surface area contributed by atoms with Gasteiger partial charge in [-0.05, 0) is 54.1 Å². The standard InChI is InChI=1S/C26H17Cl2N3O3/c27-18-7-5-16(6-8-18)14-30-15-17(21-3-1-2-4-23(21)30)13-22-24(32)29-26(34)31(25(22)33)20-11-9-19(28)10-12-20/h1-13,15H,14H2,(H,29,32,34). The Morgan fingerprint density at radius 3 is 2.18 bits per heavy atom. The molecule has 0 saturated carbocycles. The number of benzene rings is 3. The summed E-state index contributed by atoms with van der Waals surface area (Å²) in [6.45, 7) is 0.580. The van der Waals surface area contributed by atoms with Crippen molar-refractivity contribution in [2.45, 2.75) is 6.54 Å². The molecule has 1 N–H and O–H groups in total. The van der Waals surface area contributed by atoms with E-state index >= 15 is 0 Å². The van der Waals surface area contributed by atoms with Crippen LogP contribution in [0.1, 0.15) is 11.1 Å². The van der Waals surface area contributed by atoms with E-state index in [1.54, 1.807) is 24.3 Å². The van der Waals surface area contributed by atoms with Crippen LogP contribution >= 0.6 is 23.2 Å². The normalized spacial score (nSPS) is 15.3. The van der Waals surface area contributed by atoms with Crippen LogP contribution in [0.4, 0.5) is 10.5 Å². The van der Waals surface area contributed by atoms with E-state index in [1.165, 1.54) is 6.08 Å². The number of anilines is 1. The Hall–Kier alpha value is -3.87. The molecule has 4 aromatic rings. The molecule has 1 aliphatic rings. The Labute approximate surface area is 205 Å². The summed E-state index contributed by atoms with van der Waals surface area (Å²) in [7, 11) is 0. The number of para-hydroxylation sites is 1. The highest BCUT2D eigenvalue weighted by atomic mass is 35.5. The van der Waals surface area contributed by atoms with Gasteiger partial charge in [0.15, 0.2) is 0 Å². The van der Waals surface area contributed by atoms with E-state index < -0.39 is 17.8 Å². The van der Waals surface area contributed by atoms with Gasteiger partial charge in [0, 0.05) is 39.3 Å². The Bertz CT molecular complexity index is 1470. The largest absolute Gasteiger partial charge is 0.342 e.